The number of piperidine rings is 1. The summed E-state index contributed by atoms with van der Waals surface area (Å²) in [6.45, 7) is 5.20. The molecule has 1 N–H and O–H groups in total. The van der Waals surface area contributed by atoms with Gasteiger partial charge in [-0.3, -0.25) is 0 Å². The van der Waals surface area contributed by atoms with Crippen LogP contribution in [0.4, 0.5) is 11.4 Å². The van der Waals surface area contributed by atoms with E-state index in [9.17, 15) is 0 Å². The molecule has 0 atom stereocenters. The molecule has 0 spiro atoms. The van der Waals surface area contributed by atoms with E-state index in [0.29, 0.717) is 0 Å². The van der Waals surface area contributed by atoms with Gasteiger partial charge in [-0.25, -0.2) is 4.98 Å². The number of rotatable bonds is 4. The van der Waals surface area contributed by atoms with Crippen LogP contribution in [0.1, 0.15) is 30.0 Å². The van der Waals surface area contributed by atoms with Crippen molar-refractivity contribution in [2.24, 2.45) is 0 Å². The third kappa shape index (κ3) is 3.12. The van der Waals surface area contributed by atoms with Crippen molar-refractivity contribution in [2.75, 3.05) is 23.3 Å². The predicted molar refractivity (Wildman–Crippen MR) is 86.7 cm³/mol. The van der Waals surface area contributed by atoms with Gasteiger partial charge in [-0.2, -0.15) is 0 Å². The molecular formula is C16H21N3S. The van der Waals surface area contributed by atoms with Gasteiger partial charge in [-0.15, -0.1) is 11.3 Å². The lowest BCUT2D eigenvalue weighted by molar-refractivity contribution is 0.578. The Labute approximate surface area is 124 Å². The third-order valence-electron chi connectivity index (χ3n) is 3.70. The summed E-state index contributed by atoms with van der Waals surface area (Å²) in [5, 5.41) is 6.80. The topological polar surface area (TPSA) is 28.2 Å². The molecule has 106 valence electrons. The summed E-state index contributed by atoms with van der Waals surface area (Å²) in [5.74, 6) is 0. The van der Waals surface area contributed by atoms with Crippen LogP contribution >= 0.6 is 11.3 Å². The molecule has 0 bridgehead atoms. The SMILES string of the molecule is Cc1csc(CNc2ccccc2N2CCCCC2)n1. The van der Waals surface area contributed by atoms with E-state index in [0.717, 1.165) is 17.2 Å². The van der Waals surface area contributed by atoms with E-state index in [4.69, 9.17) is 0 Å². The lowest BCUT2D eigenvalue weighted by Crippen LogP contribution is -2.30. The highest BCUT2D eigenvalue weighted by Gasteiger charge is 2.14. The summed E-state index contributed by atoms with van der Waals surface area (Å²) in [6.07, 6.45) is 3.98. The molecule has 4 heteroatoms. The highest BCUT2D eigenvalue weighted by molar-refractivity contribution is 7.09. The van der Waals surface area contributed by atoms with Crippen LogP contribution in [-0.2, 0) is 6.54 Å². The quantitative estimate of drug-likeness (QED) is 0.919. The van der Waals surface area contributed by atoms with Gasteiger partial charge in [0.1, 0.15) is 5.01 Å². The normalized spacial score (nSPS) is 15.3. The fraction of sp³-hybridized carbons (Fsp3) is 0.438. The Kier molecular flexibility index (Phi) is 4.21. The van der Waals surface area contributed by atoms with Gasteiger partial charge in [0.15, 0.2) is 0 Å². The smallest absolute Gasteiger partial charge is 0.112 e. The Morgan fingerprint density at radius 2 is 2.00 bits per heavy atom. The van der Waals surface area contributed by atoms with Crippen LogP contribution in [0.5, 0.6) is 0 Å². The van der Waals surface area contributed by atoms with Gasteiger partial charge in [-0.05, 0) is 38.3 Å². The maximum atomic E-state index is 4.51. The number of aryl methyl sites for hydroxylation is 1. The first kappa shape index (κ1) is 13.4. The number of benzene rings is 1. The van der Waals surface area contributed by atoms with Crippen LogP contribution in [0.15, 0.2) is 29.6 Å². The minimum absolute atomic E-state index is 0.809. The lowest BCUT2D eigenvalue weighted by Gasteiger charge is -2.30. The number of hydrogen-bond donors (Lipinski definition) is 1. The van der Waals surface area contributed by atoms with Crippen molar-refractivity contribution < 1.29 is 0 Å². The van der Waals surface area contributed by atoms with E-state index in [1.54, 1.807) is 11.3 Å². The van der Waals surface area contributed by atoms with Gasteiger partial charge in [-0.1, -0.05) is 12.1 Å². The van der Waals surface area contributed by atoms with Crippen LogP contribution < -0.4 is 10.2 Å². The van der Waals surface area contributed by atoms with Crippen molar-refractivity contribution in [3.8, 4) is 0 Å². The number of nitrogens with zero attached hydrogens (tertiary/aromatic N) is 2. The first-order chi connectivity index (χ1) is 9.83. The number of nitrogens with one attached hydrogen (secondary N) is 1. The van der Waals surface area contributed by atoms with Crippen molar-refractivity contribution in [3.05, 3.63) is 40.3 Å². The van der Waals surface area contributed by atoms with Crippen LogP contribution in [0.25, 0.3) is 0 Å². The van der Waals surface area contributed by atoms with E-state index in [1.165, 1.54) is 43.7 Å². The van der Waals surface area contributed by atoms with Gasteiger partial charge in [0.25, 0.3) is 0 Å². The number of para-hydroxylation sites is 2. The summed E-state index contributed by atoms with van der Waals surface area (Å²) in [7, 11) is 0. The molecule has 3 nitrogen and oxygen atoms in total. The Balaban J connectivity index is 1.72. The second kappa shape index (κ2) is 6.27. The molecule has 0 unspecified atom stereocenters. The van der Waals surface area contributed by atoms with Crippen LogP contribution in [0, 0.1) is 6.92 Å². The van der Waals surface area contributed by atoms with E-state index < -0.39 is 0 Å². The van der Waals surface area contributed by atoms with Gasteiger partial charge >= 0.3 is 0 Å². The molecule has 0 saturated carbocycles. The molecule has 1 aromatic carbocycles. The van der Waals surface area contributed by atoms with E-state index in [2.05, 4.69) is 44.8 Å². The zero-order valence-electron chi connectivity index (χ0n) is 11.9. The molecule has 0 radical (unpaired) electrons. The second-order valence-corrected chi connectivity index (χ2v) is 6.24. The molecule has 1 aliphatic heterocycles. The Morgan fingerprint density at radius 3 is 2.75 bits per heavy atom. The molecule has 1 aliphatic rings. The Bertz CT molecular complexity index is 558. The predicted octanol–water partition coefficient (Wildman–Crippen LogP) is 4.05. The minimum Gasteiger partial charge on any atom is -0.377 e. The summed E-state index contributed by atoms with van der Waals surface area (Å²) < 4.78 is 0. The highest BCUT2D eigenvalue weighted by atomic mass is 32.1. The molecule has 0 aliphatic carbocycles. The van der Waals surface area contributed by atoms with Gasteiger partial charge in [0.05, 0.1) is 17.9 Å². The largest absolute Gasteiger partial charge is 0.377 e. The van der Waals surface area contributed by atoms with E-state index >= 15 is 0 Å². The Hall–Kier alpha value is -1.55. The van der Waals surface area contributed by atoms with E-state index in [-0.39, 0.29) is 0 Å². The van der Waals surface area contributed by atoms with Gasteiger partial charge < -0.3 is 10.2 Å². The first-order valence-electron chi connectivity index (χ1n) is 7.32. The molecule has 1 fully saturated rings. The van der Waals surface area contributed by atoms with Crippen molar-refractivity contribution in [1.82, 2.24) is 4.98 Å². The molecule has 1 saturated heterocycles. The van der Waals surface area contributed by atoms with Crippen LogP contribution in [0.3, 0.4) is 0 Å². The molecule has 20 heavy (non-hydrogen) atoms. The molecule has 2 heterocycles. The highest BCUT2D eigenvalue weighted by Crippen LogP contribution is 2.28. The van der Waals surface area contributed by atoms with Crippen LogP contribution in [0.2, 0.25) is 0 Å². The average Bonchev–Trinajstić information content (AvgIpc) is 2.92. The standard InChI is InChI=1S/C16H21N3S/c1-13-12-20-16(18-13)11-17-14-7-3-4-8-15(14)19-9-5-2-6-10-19/h3-4,7-8,12,17H,2,5-6,9-11H2,1H3. The first-order valence-corrected chi connectivity index (χ1v) is 8.20. The fourth-order valence-corrected chi connectivity index (χ4v) is 3.40. The molecule has 2 aromatic rings. The zero-order valence-corrected chi connectivity index (χ0v) is 12.7. The van der Waals surface area contributed by atoms with Crippen molar-refractivity contribution in [2.45, 2.75) is 32.7 Å². The van der Waals surface area contributed by atoms with Gasteiger partial charge in [0, 0.05) is 24.2 Å². The monoisotopic (exact) mass is 287 g/mol. The third-order valence-corrected chi connectivity index (χ3v) is 4.66. The summed E-state index contributed by atoms with van der Waals surface area (Å²) >= 11 is 1.72. The average molecular weight is 287 g/mol. The molecule has 0 amide bonds. The molecular weight excluding hydrogens is 266 g/mol. The second-order valence-electron chi connectivity index (χ2n) is 5.30. The fourth-order valence-electron chi connectivity index (χ4n) is 2.69. The van der Waals surface area contributed by atoms with Crippen molar-refractivity contribution in [3.63, 3.8) is 0 Å². The number of thiazole rings is 1. The summed E-state index contributed by atoms with van der Waals surface area (Å²) in [6, 6.07) is 8.62. The van der Waals surface area contributed by atoms with Crippen molar-refractivity contribution in [1.29, 1.82) is 0 Å². The maximum Gasteiger partial charge on any atom is 0.112 e. The van der Waals surface area contributed by atoms with Gasteiger partial charge in [0.2, 0.25) is 0 Å². The number of anilines is 2. The lowest BCUT2D eigenvalue weighted by atomic mass is 10.1. The molecule has 1 aromatic heterocycles. The summed E-state index contributed by atoms with van der Waals surface area (Å²) in [5.41, 5.74) is 3.67. The summed E-state index contributed by atoms with van der Waals surface area (Å²) in [4.78, 5) is 7.01. The minimum atomic E-state index is 0.809. The number of aromatic nitrogens is 1. The maximum absolute atomic E-state index is 4.51. The van der Waals surface area contributed by atoms with E-state index in [1.807, 2.05) is 6.92 Å². The Morgan fingerprint density at radius 1 is 1.20 bits per heavy atom. The van der Waals surface area contributed by atoms with Crippen molar-refractivity contribution >= 4 is 22.7 Å². The van der Waals surface area contributed by atoms with Crippen LogP contribution in [-0.4, -0.2) is 18.1 Å². The number of hydrogen-bond acceptors (Lipinski definition) is 4. The zero-order chi connectivity index (χ0) is 13.8. The molecule has 3 rings (SSSR count).